The molecule has 0 N–H and O–H groups in total. The Balaban J connectivity index is 3.28. The fourth-order valence-corrected chi connectivity index (χ4v) is 3.47. The summed E-state index contributed by atoms with van der Waals surface area (Å²) in [5.74, 6) is -0.0853. The zero-order valence-electron chi connectivity index (χ0n) is 14.3. The van der Waals surface area contributed by atoms with Crippen LogP contribution >= 0.6 is 0 Å². The van der Waals surface area contributed by atoms with Crippen molar-refractivity contribution in [2.45, 2.75) is 32.6 Å². The fraction of sp³-hybridized carbons (Fsp3) is 0.562. The van der Waals surface area contributed by atoms with Gasteiger partial charge in [-0.15, -0.1) is 0 Å². The van der Waals surface area contributed by atoms with Gasteiger partial charge in [0.05, 0.1) is 18.1 Å². The molecule has 1 aromatic rings. The van der Waals surface area contributed by atoms with Crippen molar-refractivity contribution in [3.63, 3.8) is 0 Å². The first-order chi connectivity index (χ1) is 10.7. The van der Waals surface area contributed by atoms with Crippen LogP contribution in [0.4, 0.5) is 0 Å². The normalized spacial score (nSPS) is 11.8. The van der Waals surface area contributed by atoms with Crippen molar-refractivity contribution < 1.29 is 22.7 Å². The van der Waals surface area contributed by atoms with Gasteiger partial charge in [0.2, 0.25) is 10.0 Å². The molecule has 0 heterocycles. The molecular weight excluding hydrogens is 318 g/mol. The number of hydrogen-bond acceptors (Lipinski definition) is 5. The van der Waals surface area contributed by atoms with Gasteiger partial charge in [-0.2, -0.15) is 0 Å². The van der Waals surface area contributed by atoms with Gasteiger partial charge in [0.1, 0.15) is 11.3 Å². The van der Waals surface area contributed by atoms with Crippen LogP contribution in [0.1, 0.15) is 38.1 Å². The number of ether oxygens (including phenoxy) is 2. The molecule has 0 atom stereocenters. The number of hydrogen-bond donors (Lipinski definition) is 0. The number of rotatable bonds is 8. The van der Waals surface area contributed by atoms with Crippen molar-refractivity contribution in [3.8, 4) is 5.75 Å². The third-order valence-electron chi connectivity index (χ3n) is 3.08. The number of nitrogens with zero attached hydrogens (tertiary/aromatic N) is 1. The Morgan fingerprint density at radius 3 is 2.39 bits per heavy atom. The molecule has 23 heavy (non-hydrogen) atoms. The molecule has 1 aromatic carbocycles. The second-order valence-corrected chi connectivity index (χ2v) is 7.54. The molecule has 0 aliphatic heterocycles. The minimum absolute atomic E-state index is 0.0483. The second kappa shape index (κ2) is 8.31. The fourth-order valence-electron chi connectivity index (χ4n) is 2.11. The first kappa shape index (κ1) is 19.4. The molecule has 0 unspecified atom stereocenters. The summed E-state index contributed by atoms with van der Waals surface area (Å²) in [6.07, 6.45) is 0. The first-order valence-corrected chi connectivity index (χ1v) is 9.08. The largest absolute Gasteiger partial charge is 0.493 e. The summed E-state index contributed by atoms with van der Waals surface area (Å²) in [6, 6.07) is 4.25. The average molecular weight is 343 g/mol. The van der Waals surface area contributed by atoms with Crippen LogP contribution in [-0.4, -0.2) is 45.5 Å². The van der Waals surface area contributed by atoms with E-state index in [2.05, 4.69) is 0 Å². The Bertz CT molecular complexity index is 640. The highest BCUT2D eigenvalue weighted by atomic mass is 32.2. The van der Waals surface area contributed by atoms with E-state index in [9.17, 15) is 13.2 Å². The molecule has 0 spiro atoms. The molecule has 0 fully saturated rings. The van der Waals surface area contributed by atoms with E-state index >= 15 is 0 Å². The van der Waals surface area contributed by atoms with Gasteiger partial charge >= 0.3 is 5.97 Å². The molecular formula is C16H25NO5S. The van der Waals surface area contributed by atoms with Crippen LogP contribution in [-0.2, 0) is 14.8 Å². The molecule has 1 rings (SSSR count). The van der Waals surface area contributed by atoms with Gasteiger partial charge in [-0.25, -0.2) is 17.5 Å². The van der Waals surface area contributed by atoms with Crippen molar-refractivity contribution in [1.29, 1.82) is 0 Å². The maximum absolute atomic E-state index is 12.6. The predicted octanol–water partition coefficient (Wildman–Crippen LogP) is 2.54. The van der Waals surface area contributed by atoms with E-state index in [-0.39, 0.29) is 23.0 Å². The van der Waals surface area contributed by atoms with Gasteiger partial charge < -0.3 is 9.47 Å². The van der Waals surface area contributed by atoms with E-state index in [1.165, 1.54) is 29.6 Å². The van der Waals surface area contributed by atoms with Crippen LogP contribution in [0.5, 0.6) is 5.75 Å². The summed E-state index contributed by atoms with van der Waals surface area (Å²) in [4.78, 5) is 12.1. The molecule has 7 heteroatoms. The smallest absolute Gasteiger partial charge is 0.341 e. The highest BCUT2D eigenvalue weighted by molar-refractivity contribution is 7.89. The SMILES string of the molecule is CCOC(=O)c1cc(S(=O)(=O)N(C)CC(C)C)ccc1OCC. The first-order valence-electron chi connectivity index (χ1n) is 7.64. The molecule has 0 aliphatic rings. The zero-order valence-corrected chi connectivity index (χ0v) is 15.1. The van der Waals surface area contributed by atoms with Gasteiger partial charge in [-0.05, 0) is 38.0 Å². The maximum Gasteiger partial charge on any atom is 0.341 e. The zero-order chi connectivity index (χ0) is 17.6. The van der Waals surface area contributed by atoms with Crippen molar-refractivity contribution in [2.24, 2.45) is 5.92 Å². The van der Waals surface area contributed by atoms with Gasteiger partial charge in [0.25, 0.3) is 0 Å². The molecule has 0 bridgehead atoms. The molecule has 0 amide bonds. The van der Waals surface area contributed by atoms with E-state index in [1.54, 1.807) is 13.8 Å². The summed E-state index contributed by atoms with van der Waals surface area (Å²) in [6.45, 7) is 8.32. The Hall–Kier alpha value is -1.60. The van der Waals surface area contributed by atoms with Gasteiger partial charge in [-0.3, -0.25) is 0 Å². The molecule has 6 nitrogen and oxygen atoms in total. The summed E-state index contributed by atoms with van der Waals surface area (Å²) in [5.41, 5.74) is 0.118. The van der Waals surface area contributed by atoms with Crippen LogP contribution in [0, 0.1) is 5.92 Å². The van der Waals surface area contributed by atoms with Crippen molar-refractivity contribution in [2.75, 3.05) is 26.8 Å². The lowest BCUT2D eigenvalue weighted by Gasteiger charge is -2.20. The average Bonchev–Trinajstić information content (AvgIpc) is 2.47. The molecule has 0 aromatic heterocycles. The summed E-state index contributed by atoms with van der Waals surface area (Å²) in [7, 11) is -2.14. The lowest BCUT2D eigenvalue weighted by molar-refractivity contribution is 0.0521. The van der Waals surface area contributed by atoms with Gasteiger partial charge in [-0.1, -0.05) is 13.8 Å². The standard InChI is InChI=1S/C16H25NO5S/c1-6-21-15-9-8-13(10-14(15)16(18)22-7-2)23(19,20)17(5)11-12(3)4/h8-10,12H,6-7,11H2,1-5H3. The Morgan fingerprint density at radius 1 is 1.22 bits per heavy atom. The van der Waals surface area contributed by atoms with Crippen LogP contribution in [0.3, 0.4) is 0 Å². The molecule has 0 aliphatic carbocycles. The second-order valence-electron chi connectivity index (χ2n) is 5.49. The summed E-state index contributed by atoms with van der Waals surface area (Å²) < 4.78 is 36.9. The molecule has 0 saturated carbocycles. The topological polar surface area (TPSA) is 72.9 Å². The minimum Gasteiger partial charge on any atom is -0.493 e. The molecule has 0 saturated heterocycles. The Labute approximate surface area is 138 Å². The highest BCUT2D eigenvalue weighted by Gasteiger charge is 2.24. The number of carbonyl (C=O) groups is 1. The minimum atomic E-state index is -3.67. The van der Waals surface area contributed by atoms with Crippen LogP contribution in [0.25, 0.3) is 0 Å². The van der Waals surface area contributed by atoms with Crippen LogP contribution in [0.15, 0.2) is 23.1 Å². The monoisotopic (exact) mass is 343 g/mol. The van der Waals surface area contributed by atoms with E-state index in [1.807, 2.05) is 13.8 Å². The lowest BCUT2D eigenvalue weighted by atomic mass is 10.2. The quantitative estimate of drug-likeness (QED) is 0.678. The Kier molecular flexibility index (Phi) is 7.02. The third kappa shape index (κ3) is 4.94. The Morgan fingerprint density at radius 2 is 1.87 bits per heavy atom. The van der Waals surface area contributed by atoms with Gasteiger partial charge in [0.15, 0.2) is 0 Å². The number of sulfonamides is 1. The maximum atomic E-state index is 12.6. The summed E-state index contributed by atoms with van der Waals surface area (Å²) in [5, 5.41) is 0. The predicted molar refractivity (Wildman–Crippen MR) is 88.2 cm³/mol. The van der Waals surface area contributed by atoms with Crippen molar-refractivity contribution >= 4 is 16.0 Å². The van der Waals surface area contributed by atoms with Crippen molar-refractivity contribution in [3.05, 3.63) is 23.8 Å². The van der Waals surface area contributed by atoms with E-state index in [4.69, 9.17) is 9.47 Å². The third-order valence-corrected chi connectivity index (χ3v) is 4.90. The summed E-state index contributed by atoms with van der Waals surface area (Å²) >= 11 is 0. The highest BCUT2D eigenvalue weighted by Crippen LogP contribution is 2.25. The van der Waals surface area contributed by atoms with Crippen LogP contribution in [0.2, 0.25) is 0 Å². The van der Waals surface area contributed by atoms with E-state index < -0.39 is 16.0 Å². The van der Waals surface area contributed by atoms with Crippen LogP contribution < -0.4 is 4.74 Å². The molecule has 130 valence electrons. The van der Waals surface area contributed by atoms with Gasteiger partial charge in [0, 0.05) is 13.6 Å². The van der Waals surface area contributed by atoms with E-state index in [0.717, 1.165) is 0 Å². The number of benzene rings is 1. The lowest BCUT2D eigenvalue weighted by Crippen LogP contribution is -2.30. The van der Waals surface area contributed by atoms with Crippen molar-refractivity contribution in [1.82, 2.24) is 4.31 Å². The molecule has 0 radical (unpaired) electrons. The van der Waals surface area contributed by atoms with E-state index in [0.29, 0.717) is 18.9 Å². The number of esters is 1. The number of carbonyl (C=O) groups excluding carboxylic acids is 1.